The van der Waals surface area contributed by atoms with Crippen LogP contribution in [0.4, 0.5) is 0 Å². The van der Waals surface area contributed by atoms with Crippen LogP contribution in [0.15, 0.2) is 0 Å². The zero-order chi connectivity index (χ0) is 7.19. The predicted octanol–water partition coefficient (Wildman–Crippen LogP) is 2.67. The summed E-state index contributed by atoms with van der Waals surface area (Å²) in [4.78, 5) is 0. The molecule has 0 aromatic rings. The predicted molar refractivity (Wildman–Crippen MR) is 50.8 cm³/mol. The van der Waals surface area contributed by atoms with E-state index >= 15 is 0 Å². The fraction of sp³-hybridized carbons (Fsp3) is 1.00. The van der Waals surface area contributed by atoms with Crippen LogP contribution in [0, 0.1) is 5.92 Å². The fourth-order valence-electron chi connectivity index (χ4n) is 2.53. The van der Waals surface area contributed by atoms with E-state index in [4.69, 9.17) is 12.2 Å². The van der Waals surface area contributed by atoms with Gasteiger partial charge in [-0.15, -0.1) is 6.46 Å². The van der Waals surface area contributed by atoms with Gasteiger partial charge in [0.25, 0.3) is 0 Å². The Morgan fingerprint density at radius 2 is 2.30 bits per heavy atom. The highest BCUT2D eigenvalue weighted by atomic mass is 32.7. The standard InChI is InChI=1S/C8H15PS/c1-7-5-8-3-2-4-9(7,10)6-8/h7-8H,2-6H2,1H3/t7-,8-,9?/m1/s1. The van der Waals surface area contributed by atoms with E-state index in [2.05, 4.69) is 6.92 Å². The second-order valence-electron chi connectivity index (χ2n) is 3.95. The van der Waals surface area contributed by atoms with Gasteiger partial charge in [-0.25, -0.2) is 0 Å². The molecule has 0 amide bonds. The van der Waals surface area contributed by atoms with Gasteiger partial charge >= 0.3 is 0 Å². The van der Waals surface area contributed by atoms with E-state index in [1.54, 1.807) is 0 Å². The van der Waals surface area contributed by atoms with Gasteiger partial charge in [-0.2, -0.15) is 0 Å². The third-order valence-electron chi connectivity index (χ3n) is 3.19. The maximum Gasteiger partial charge on any atom is 0.0478 e. The quantitative estimate of drug-likeness (QED) is 0.402. The lowest BCUT2D eigenvalue weighted by molar-refractivity contribution is 0.515. The Labute approximate surface area is 69.3 Å². The maximum absolute atomic E-state index is 5.73. The Morgan fingerprint density at radius 1 is 1.50 bits per heavy atom. The van der Waals surface area contributed by atoms with Crippen molar-refractivity contribution in [1.82, 2.24) is 0 Å². The van der Waals surface area contributed by atoms with Crippen LogP contribution in [-0.4, -0.2) is 18.0 Å². The third-order valence-corrected chi connectivity index (χ3v) is 9.29. The molecule has 58 valence electrons. The molecule has 0 N–H and O–H groups in total. The molecule has 0 nitrogen and oxygen atoms in total. The summed E-state index contributed by atoms with van der Waals surface area (Å²) in [6.45, 7) is 1.62. The first kappa shape index (κ1) is 7.43. The largest absolute Gasteiger partial charge is 0.556 e. The third kappa shape index (κ3) is 1.02. The molecule has 2 bridgehead atoms. The van der Waals surface area contributed by atoms with E-state index in [1.165, 1.54) is 31.6 Å². The molecule has 0 aromatic heterocycles. The molecule has 2 heteroatoms. The van der Waals surface area contributed by atoms with Gasteiger partial charge in [0.15, 0.2) is 0 Å². The Balaban J connectivity index is 2.18. The van der Waals surface area contributed by atoms with Crippen LogP contribution in [0.1, 0.15) is 26.2 Å². The average Bonchev–Trinajstić information content (AvgIpc) is 2.04. The van der Waals surface area contributed by atoms with E-state index in [0.717, 1.165) is 11.6 Å². The van der Waals surface area contributed by atoms with Crippen LogP contribution in [0.3, 0.4) is 0 Å². The fourth-order valence-corrected chi connectivity index (χ4v) is 7.40. The summed E-state index contributed by atoms with van der Waals surface area (Å²) in [5.41, 5.74) is 0.940. The molecule has 0 aromatic carbocycles. The zero-order valence-electron chi connectivity index (χ0n) is 6.55. The monoisotopic (exact) mass is 174 g/mol. The normalized spacial score (nSPS) is 53.4. The summed E-state index contributed by atoms with van der Waals surface area (Å²) < 4.78 is 0. The topological polar surface area (TPSA) is 0 Å². The van der Waals surface area contributed by atoms with Crippen molar-refractivity contribution < 1.29 is 0 Å². The van der Waals surface area contributed by atoms with E-state index in [9.17, 15) is 0 Å². The van der Waals surface area contributed by atoms with Gasteiger partial charge in [0.2, 0.25) is 0 Å². The smallest absolute Gasteiger partial charge is 0.0478 e. The highest BCUT2D eigenvalue weighted by Gasteiger charge is 2.44. The van der Waals surface area contributed by atoms with E-state index in [1.807, 2.05) is 0 Å². The summed E-state index contributed by atoms with van der Waals surface area (Å²) in [5.74, 6) is 1.05. The van der Waals surface area contributed by atoms with Crippen LogP contribution >= 0.6 is 6.46 Å². The average molecular weight is 174 g/mol. The van der Waals surface area contributed by atoms with Gasteiger partial charge in [-0.1, -0.05) is 0 Å². The van der Waals surface area contributed by atoms with Gasteiger partial charge < -0.3 is 12.2 Å². The summed E-state index contributed by atoms with van der Waals surface area (Å²) in [6, 6.07) is 0. The first-order valence-corrected chi connectivity index (χ1v) is 7.53. The molecule has 0 radical (unpaired) electrons. The molecule has 10 heavy (non-hydrogen) atoms. The Bertz CT molecular complexity index is 148. The zero-order valence-corrected chi connectivity index (χ0v) is 8.26. The molecule has 3 atom stereocenters. The molecule has 2 heterocycles. The van der Waals surface area contributed by atoms with Crippen molar-refractivity contribution in [3.63, 3.8) is 0 Å². The number of hydrogen-bond donors (Lipinski definition) is 0. The lowest BCUT2D eigenvalue weighted by Crippen LogP contribution is -2.10. The van der Waals surface area contributed by atoms with Crippen molar-refractivity contribution in [3.05, 3.63) is 0 Å². The summed E-state index contributed by atoms with van der Waals surface area (Å²) in [6.07, 6.45) is 7.30. The van der Waals surface area contributed by atoms with Crippen molar-refractivity contribution in [3.8, 4) is 0 Å². The lowest BCUT2D eigenvalue weighted by Gasteiger charge is -2.35. The summed E-state index contributed by atoms with van der Waals surface area (Å²) in [5, 5.41) is 0. The Morgan fingerprint density at radius 3 is 2.90 bits per heavy atom. The van der Waals surface area contributed by atoms with Gasteiger partial charge in [0, 0.05) is 18.0 Å². The molecule has 2 rings (SSSR count). The van der Waals surface area contributed by atoms with Gasteiger partial charge in [-0.05, 0) is 32.1 Å². The molecule has 0 aliphatic carbocycles. The second kappa shape index (κ2) is 2.38. The van der Waals surface area contributed by atoms with Crippen LogP contribution in [0.2, 0.25) is 0 Å². The first-order chi connectivity index (χ1) is 4.71. The van der Waals surface area contributed by atoms with Gasteiger partial charge in [-0.3, -0.25) is 0 Å². The van der Waals surface area contributed by atoms with Crippen molar-refractivity contribution in [1.29, 1.82) is 0 Å². The Kier molecular flexibility index (Phi) is 1.77. The summed E-state index contributed by atoms with van der Waals surface area (Å²) >= 11 is 5.73. The number of hydrogen-bond acceptors (Lipinski definition) is 1. The van der Waals surface area contributed by atoms with E-state index in [-0.39, 0.29) is 0 Å². The second-order valence-corrected chi connectivity index (χ2v) is 9.73. The molecule has 0 saturated carbocycles. The van der Waals surface area contributed by atoms with Crippen molar-refractivity contribution in [2.75, 3.05) is 12.3 Å². The number of rotatable bonds is 0. The van der Waals surface area contributed by atoms with Gasteiger partial charge in [0.1, 0.15) is 0 Å². The number of fused-ring (bicyclic) bond motifs is 2. The highest BCUT2D eigenvalue weighted by molar-refractivity contribution is 8.42. The minimum absolute atomic E-state index is 0.778. The van der Waals surface area contributed by atoms with Crippen LogP contribution in [0.25, 0.3) is 0 Å². The van der Waals surface area contributed by atoms with Crippen molar-refractivity contribution in [2.45, 2.75) is 31.8 Å². The maximum atomic E-state index is 5.73. The molecule has 1 unspecified atom stereocenters. The van der Waals surface area contributed by atoms with Crippen LogP contribution in [0.5, 0.6) is 0 Å². The molecule has 0 spiro atoms. The molecule has 2 fully saturated rings. The molecule has 2 aliphatic heterocycles. The van der Waals surface area contributed by atoms with Crippen molar-refractivity contribution in [2.24, 2.45) is 5.92 Å². The molecular weight excluding hydrogens is 159 g/mol. The van der Waals surface area contributed by atoms with E-state index < -0.39 is 6.46 Å². The first-order valence-electron chi connectivity index (χ1n) is 4.28. The van der Waals surface area contributed by atoms with Gasteiger partial charge in [0.05, 0.1) is 0 Å². The molecule has 2 aliphatic rings. The van der Waals surface area contributed by atoms with Crippen LogP contribution < -0.4 is 0 Å². The molecule has 2 saturated heterocycles. The SMILES string of the molecule is C[C@@H]1C[C@H]2CCC[P+]1([S-])C2. The van der Waals surface area contributed by atoms with Crippen molar-refractivity contribution >= 4 is 18.7 Å². The summed E-state index contributed by atoms with van der Waals surface area (Å²) in [7, 11) is 0. The molecular formula is C8H15PS. The van der Waals surface area contributed by atoms with E-state index in [0.29, 0.717) is 0 Å². The Hall–Kier alpha value is 0.780. The minimum atomic E-state index is -0.778. The lowest BCUT2D eigenvalue weighted by atomic mass is 10.0. The minimum Gasteiger partial charge on any atom is -0.556 e. The van der Waals surface area contributed by atoms with Crippen LogP contribution in [-0.2, 0) is 12.2 Å². The highest BCUT2D eigenvalue weighted by Crippen LogP contribution is 2.71.